The smallest absolute Gasteiger partial charge is 0.241 e. The van der Waals surface area contributed by atoms with Crippen LogP contribution < -0.4 is 4.72 Å². The number of aliphatic hydroxyl groups excluding tert-OH is 1. The van der Waals surface area contributed by atoms with Crippen LogP contribution in [0.1, 0.15) is 44.6 Å². The predicted molar refractivity (Wildman–Crippen MR) is 79.0 cm³/mol. The molecule has 0 atom stereocenters. The van der Waals surface area contributed by atoms with Gasteiger partial charge in [-0.3, -0.25) is 0 Å². The Morgan fingerprint density at radius 3 is 2.30 bits per heavy atom. The number of benzene rings is 1. The molecule has 1 aliphatic rings. The molecule has 1 aliphatic carbocycles. The standard InChI is InChI=1S/C15H23NO3S/c1-15(10-3-2-4-11-15)16-20(18,19)14-7-5-13(6-8-14)9-12-17/h5-8,16-17H,2-4,9-12H2,1H3. The van der Waals surface area contributed by atoms with E-state index in [0.717, 1.165) is 31.2 Å². The van der Waals surface area contributed by atoms with Crippen LogP contribution in [0.4, 0.5) is 0 Å². The summed E-state index contributed by atoms with van der Waals surface area (Å²) in [6, 6.07) is 6.74. The fraction of sp³-hybridized carbons (Fsp3) is 0.600. The molecular formula is C15H23NO3S. The SMILES string of the molecule is CC1(NS(=O)(=O)c2ccc(CCO)cc2)CCCCC1. The Kier molecular flexibility index (Phi) is 4.83. The van der Waals surface area contributed by atoms with E-state index >= 15 is 0 Å². The van der Waals surface area contributed by atoms with Crippen molar-refractivity contribution in [3.05, 3.63) is 29.8 Å². The fourth-order valence-electron chi connectivity index (χ4n) is 2.78. The van der Waals surface area contributed by atoms with Crippen LogP contribution in [-0.2, 0) is 16.4 Å². The van der Waals surface area contributed by atoms with Crippen molar-refractivity contribution in [1.82, 2.24) is 4.72 Å². The van der Waals surface area contributed by atoms with E-state index in [9.17, 15) is 8.42 Å². The van der Waals surface area contributed by atoms with Gasteiger partial charge in [0.25, 0.3) is 0 Å². The number of nitrogens with one attached hydrogen (secondary N) is 1. The first-order valence-corrected chi connectivity index (χ1v) is 8.67. The molecule has 1 aromatic carbocycles. The highest BCUT2D eigenvalue weighted by Gasteiger charge is 2.31. The minimum Gasteiger partial charge on any atom is -0.396 e. The van der Waals surface area contributed by atoms with Gasteiger partial charge < -0.3 is 5.11 Å². The second-order valence-corrected chi connectivity index (χ2v) is 7.53. The average Bonchev–Trinajstić information content (AvgIpc) is 2.39. The number of sulfonamides is 1. The topological polar surface area (TPSA) is 66.4 Å². The molecule has 4 nitrogen and oxygen atoms in total. The maximum Gasteiger partial charge on any atom is 0.241 e. The summed E-state index contributed by atoms with van der Waals surface area (Å²) in [6.45, 7) is 2.06. The van der Waals surface area contributed by atoms with Gasteiger partial charge in [-0.25, -0.2) is 13.1 Å². The van der Waals surface area contributed by atoms with Crippen molar-refractivity contribution >= 4 is 10.0 Å². The molecule has 5 heteroatoms. The molecule has 0 unspecified atom stereocenters. The van der Waals surface area contributed by atoms with E-state index in [1.165, 1.54) is 6.42 Å². The van der Waals surface area contributed by atoms with E-state index in [2.05, 4.69) is 4.72 Å². The second kappa shape index (κ2) is 6.24. The molecule has 2 rings (SSSR count). The summed E-state index contributed by atoms with van der Waals surface area (Å²) in [5, 5.41) is 8.87. The monoisotopic (exact) mass is 297 g/mol. The molecule has 0 heterocycles. The summed E-state index contributed by atoms with van der Waals surface area (Å²) in [7, 11) is -3.46. The largest absolute Gasteiger partial charge is 0.396 e. The quantitative estimate of drug-likeness (QED) is 0.876. The molecule has 1 saturated carbocycles. The summed E-state index contributed by atoms with van der Waals surface area (Å²) in [5.41, 5.74) is 0.622. The molecule has 0 aliphatic heterocycles. The van der Waals surface area contributed by atoms with Gasteiger partial charge in [-0.15, -0.1) is 0 Å². The van der Waals surface area contributed by atoms with E-state index in [-0.39, 0.29) is 12.1 Å². The first kappa shape index (κ1) is 15.5. The molecule has 0 spiro atoms. The van der Waals surface area contributed by atoms with Gasteiger partial charge in [0.15, 0.2) is 0 Å². The summed E-state index contributed by atoms with van der Waals surface area (Å²) in [5.74, 6) is 0. The molecule has 0 aromatic heterocycles. The van der Waals surface area contributed by atoms with E-state index < -0.39 is 10.0 Å². The van der Waals surface area contributed by atoms with Gasteiger partial charge >= 0.3 is 0 Å². The Morgan fingerprint density at radius 2 is 1.75 bits per heavy atom. The van der Waals surface area contributed by atoms with E-state index in [1.807, 2.05) is 6.92 Å². The Labute approximate surface area is 121 Å². The predicted octanol–water partition coefficient (Wildman–Crippen LogP) is 2.22. The van der Waals surface area contributed by atoms with Gasteiger partial charge in [0.1, 0.15) is 0 Å². The van der Waals surface area contributed by atoms with Crippen molar-refractivity contribution in [2.75, 3.05) is 6.61 Å². The lowest BCUT2D eigenvalue weighted by Gasteiger charge is -2.34. The average molecular weight is 297 g/mol. The third kappa shape index (κ3) is 3.81. The fourth-order valence-corrected chi connectivity index (χ4v) is 4.25. The zero-order valence-electron chi connectivity index (χ0n) is 11.9. The Morgan fingerprint density at radius 1 is 1.15 bits per heavy atom. The van der Waals surface area contributed by atoms with Gasteiger partial charge in [0.2, 0.25) is 10.0 Å². The lowest BCUT2D eigenvalue weighted by molar-refractivity contribution is 0.294. The van der Waals surface area contributed by atoms with Gasteiger partial charge in [-0.05, 0) is 43.9 Å². The highest BCUT2D eigenvalue weighted by atomic mass is 32.2. The summed E-state index contributed by atoms with van der Waals surface area (Å²) < 4.78 is 27.7. The molecule has 2 N–H and O–H groups in total. The minimum absolute atomic E-state index is 0.0718. The summed E-state index contributed by atoms with van der Waals surface area (Å²) in [6.07, 6.45) is 5.69. The normalized spacial score (nSPS) is 18.9. The van der Waals surface area contributed by atoms with E-state index in [0.29, 0.717) is 11.3 Å². The van der Waals surface area contributed by atoms with E-state index in [4.69, 9.17) is 5.11 Å². The highest BCUT2D eigenvalue weighted by molar-refractivity contribution is 7.89. The number of rotatable bonds is 5. The van der Waals surface area contributed by atoms with Crippen molar-refractivity contribution < 1.29 is 13.5 Å². The number of hydrogen-bond acceptors (Lipinski definition) is 3. The van der Waals surface area contributed by atoms with Gasteiger partial charge in [-0.2, -0.15) is 0 Å². The Bertz CT molecular complexity index is 531. The van der Waals surface area contributed by atoms with Crippen LogP contribution in [0.15, 0.2) is 29.2 Å². The van der Waals surface area contributed by atoms with Crippen LogP contribution in [0.3, 0.4) is 0 Å². The van der Waals surface area contributed by atoms with Crippen molar-refractivity contribution in [3.63, 3.8) is 0 Å². The first-order valence-electron chi connectivity index (χ1n) is 7.19. The van der Waals surface area contributed by atoms with Gasteiger partial charge in [0, 0.05) is 12.1 Å². The Balaban J connectivity index is 2.13. The molecule has 1 fully saturated rings. The first-order chi connectivity index (χ1) is 9.45. The molecule has 112 valence electrons. The van der Waals surface area contributed by atoms with Gasteiger partial charge in [-0.1, -0.05) is 31.4 Å². The lowest BCUT2D eigenvalue weighted by atomic mass is 9.84. The number of aliphatic hydroxyl groups is 1. The lowest BCUT2D eigenvalue weighted by Crippen LogP contribution is -2.47. The minimum atomic E-state index is -3.46. The molecule has 20 heavy (non-hydrogen) atoms. The van der Waals surface area contributed by atoms with Crippen LogP contribution in [0.2, 0.25) is 0 Å². The molecular weight excluding hydrogens is 274 g/mol. The molecule has 0 radical (unpaired) electrons. The van der Waals surface area contributed by atoms with Crippen LogP contribution >= 0.6 is 0 Å². The third-order valence-electron chi connectivity index (χ3n) is 3.97. The van der Waals surface area contributed by atoms with Gasteiger partial charge in [0.05, 0.1) is 4.90 Å². The van der Waals surface area contributed by atoms with Crippen molar-refractivity contribution in [2.45, 2.75) is 55.9 Å². The number of hydrogen-bond donors (Lipinski definition) is 2. The van der Waals surface area contributed by atoms with Crippen LogP contribution in [0, 0.1) is 0 Å². The van der Waals surface area contributed by atoms with Crippen molar-refractivity contribution in [1.29, 1.82) is 0 Å². The molecule has 0 amide bonds. The molecule has 0 bridgehead atoms. The Hall–Kier alpha value is -0.910. The van der Waals surface area contributed by atoms with Crippen molar-refractivity contribution in [3.8, 4) is 0 Å². The molecule has 0 saturated heterocycles. The zero-order chi connectivity index (χ0) is 14.6. The van der Waals surface area contributed by atoms with Crippen LogP contribution in [0.25, 0.3) is 0 Å². The second-order valence-electron chi connectivity index (χ2n) is 5.84. The van der Waals surface area contributed by atoms with Crippen LogP contribution in [0.5, 0.6) is 0 Å². The summed E-state index contributed by atoms with van der Waals surface area (Å²) in [4.78, 5) is 0.297. The van der Waals surface area contributed by atoms with E-state index in [1.54, 1.807) is 24.3 Å². The van der Waals surface area contributed by atoms with Crippen LogP contribution in [-0.4, -0.2) is 25.7 Å². The maximum absolute atomic E-state index is 12.4. The molecule has 1 aromatic rings. The maximum atomic E-state index is 12.4. The zero-order valence-corrected chi connectivity index (χ0v) is 12.7. The van der Waals surface area contributed by atoms with Crippen molar-refractivity contribution in [2.24, 2.45) is 0 Å². The third-order valence-corrected chi connectivity index (χ3v) is 5.63. The summed E-state index contributed by atoms with van der Waals surface area (Å²) >= 11 is 0. The highest BCUT2D eigenvalue weighted by Crippen LogP contribution is 2.29.